The summed E-state index contributed by atoms with van der Waals surface area (Å²) in [5, 5.41) is 3.33. The first-order valence-electron chi connectivity index (χ1n) is 7.33. The van der Waals surface area contributed by atoms with Gasteiger partial charge in [0.15, 0.2) is 0 Å². The molecule has 4 atom stereocenters. The van der Waals surface area contributed by atoms with E-state index >= 15 is 0 Å². The Balaban J connectivity index is 1.70. The second-order valence-corrected chi connectivity index (χ2v) is 7.23. The predicted molar refractivity (Wildman–Crippen MR) is 70.1 cm³/mol. The quantitative estimate of drug-likeness (QED) is 0.818. The topological polar surface area (TPSA) is 38.3 Å². The molecule has 3 fully saturated rings. The highest BCUT2D eigenvalue weighted by atomic mass is 16.5. The van der Waals surface area contributed by atoms with Crippen molar-refractivity contribution in [3.8, 4) is 0 Å². The minimum absolute atomic E-state index is 0.0934. The Hall–Kier alpha value is -0.570. The van der Waals surface area contributed by atoms with Crippen molar-refractivity contribution in [1.82, 2.24) is 5.32 Å². The van der Waals surface area contributed by atoms with Gasteiger partial charge in [-0.05, 0) is 42.4 Å². The van der Waals surface area contributed by atoms with E-state index in [1.807, 2.05) is 0 Å². The fourth-order valence-corrected chi connectivity index (χ4v) is 4.45. The molecule has 3 aliphatic rings. The van der Waals surface area contributed by atoms with Crippen LogP contribution in [0.2, 0.25) is 0 Å². The molecule has 4 unspecified atom stereocenters. The van der Waals surface area contributed by atoms with E-state index in [9.17, 15) is 4.79 Å². The van der Waals surface area contributed by atoms with Gasteiger partial charge in [-0.3, -0.25) is 4.79 Å². The van der Waals surface area contributed by atoms with E-state index in [1.165, 1.54) is 19.3 Å². The molecule has 102 valence electrons. The summed E-state index contributed by atoms with van der Waals surface area (Å²) in [6.45, 7) is 8.50. The number of amides is 1. The number of carbonyl (C=O) groups is 1. The van der Waals surface area contributed by atoms with Gasteiger partial charge in [0.05, 0.1) is 12.5 Å². The fraction of sp³-hybridized carbons (Fsp3) is 0.933. The van der Waals surface area contributed by atoms with E-state index in [-0.39, 0.29) is 17.2 Å². The first kappa shape index (κ1) is 12.5. The van der Waals surface area contributed by atoms with Gasteiger partial charge in [0.1, 0.15) is 0 Å². The lowest BCUT2D eigenvalue weighted by Crippen LogP contribution is -2.48. The third-order valence-corrected chi connectivity index (χ3v) is 6.41. The molecule has 0 aromatic rings. The first-order valence-corrected chi connectivity index (χ1v) is 7.33. The average Bonchev–Trinajstić information content (AvgIpc) is 2.95. The van der Waals surface area contributed by atoms with Gasteiger partial charge >= 0.3 is 0 Å². The molecule has 1 amide bonds. The zero-order valence-electron chi connectivity index (χ0n) is 11.8. The molecule has 3 heteroatoms. The highest BCUT2D eigenvalue weighted by molar-refractivity contribution is 5.79. The van der Waals surface area contributed by atoms with E-state index in [0.29, 0.717) is 18.1 Å². The van der Waals surface area contributed by atoms with Gasteiger partial charge in [-0.2, -0.15) is 0 Å². The molecule has 0 aromatic heterocycles. The van der Waals surface area contributed by atoms with Crippen LogP contribution in [-0.4, -0.2) is 25.2 Å². The molecule has 1 saturated heterocycles. The molecule has 3 nitrogen and oxygen atoms in total. The SMILES string of the molecule is CC1(C)C2CCC1(C)C(NC(=O)C1CCOC1)C2. The predicted octanol–water partition coefficient (Wildman–Crippen LogP) is 2.35. The lowest BCUT2D eigenvalue weighted by molar-refractivity contribution is -0.126. The molecule has 0 radical (unpaired) electrons. The van der Waals surface area contributed by atoms with Gasteiger partial charge in [-0.1, -0.05) is 20.8 Å². The van der Waals surface area contributed by atoms with Gasteiger partial charge in [0.25, 0.3) is 0 Å². The largest absolute Gasteiger partial charge is 0.381 e. The van der Waals surface area contributed by atoms with Crippen molar-refractivity contribution in [3.63, 3.8) is 0 Å². The van der Waals surface area contributed by atoms with Crippen molar-refractivity contribution < 1.29 is 9.53 Å². The normalized spacial score (nSPS) is 45.4. The lowest BCUT2D eigenvalue weighted by atomic mass is 9.69. The summed E-state index contributed by atoms with van der Waals surface area (Å²) in [4.78, 5) is 12.2. The first-order chi connectivity index (χ1) is 8.45. The molecule has 18 heavy (non-hydrogen) atoms. The summed E-state index contributed by atoms with van der Waals surface area (Å²) in [6.07, 6.45) is 4.66. The molecular weight excluding hydrogens is 226 g/mol. The summed E-state index contributed by atoms with van der Waals surface area (Å²) < 4.78 is 5.31. The van der Waals surface area contributed by atoms with Gasteiger partial charge in [0, 0.05) is 12.6 Å². The van der Waals surface area contributed by atoms with Crippen LogP contribution in [-0.2, 0) is 9.53 Å². The minimum atomic E-state index is 0.0934. The van der Waals surface area contributed by atoms with Crippen molar-refractivity contribution >= 4 is 5.91 Å². The maximum atomic E-state index is 12.2. The van der Waals surface area contributed by atoms with Crippen molar-refractivity contribution in [2.24, 2.45) is 22.7 Å². The van der Waals surface area contributed by atoms with E-state index in [2.05, 4.69) is 26.1 Å². The Morgan fingerprint density at radius 3 is 2.56 bits per heavy atom. The Morgan fingerprint density at radius 1 is 1.28 bits per heavy atom. The number of fused-ring (bicyclic) bond motifs is 2. The van der Waals surface area contributed by atoms with Crippen molar-refractivity contribution in [2.75, 3.05) is 13.2 Å². The summed E-state index contributed by atoms with van der Waals surface area (Å²) in [6, 6.07) is 0.374. The van der Waals surface area contributed by atoms with Gasteiger partial charge < -0.3 is 10.1 Å². The zero-order valence-corrected chi connectivity index (χ0v) is 11.8. The van der Waals surface area contributed by atoms with Gasteiger partial charge in [-0.25, -0.2) is 0 Å². The van der Waals surface area contributed by atoms with Crippen LogP contribution in [0.4, 0.5) is 0 Å². The maximum Gasteiger partial charge on any atom is 0.225 e. The van der Waals surface area contributed by atoms with Crippen molar-refractivity contribution in [2.45, 2.75) is 52.5 Å². The molecule has 1 N–H and O–H groups in total. The third kappa shape index (κ3) is 1.56. The van der Waals surface area contributed by atoms with Crippen LogP contribution >= 0.6 is 0 Å². The summed E-state index contributed by atoms with van der Waals surface area (Å²) in [7, 11) is 0. The molecule has 0 spiro atoms. The van der Waals surface area contributed by atoms with Crippen LogP contribution in [0.3, 0.4) is 0 Å². The zero-order chi connectivity index (χ0) is 13.0. The Bertz CT molecular complexity index is 360. The van der Waals surface area contributed by atoms with Crippen LogP contribution in [0.15, 0.2) is 0 Å². The molecule has 3 rings (SSSR count). The van der Waals surface area contributed by atoms with Crippen LogP contribution in [0.25, 0.3) is 0 Å². The number of hydrogen-bond donors (Lipinski definition) is 1. The van der Waals surface area contributed by atoms with Crippen molar-refractivity contribution in [1.29, 1.82) is 0 Å². The minimum Gasteiger partial charge on any atom is -0.381 e. The lowest BCUT2D eigenvalue weighted by Gasteiger charge is -2.39. The molecule has 1 heterocycles. The van der Waals surface area contributed by atoms with E-state index in [1.54, 1.807) is 0 Å². The fourth-order valence-electron chi connectivity index (χ4n) is 4.45. The summed E-state index contributed by atoms with van der Waals surface area (Å²) in [5.74, 6) is 1.10. The van der Waals surface area contributed by atoms with Gasteiger partial charge in [0.2, 0.25) is 5.91 Å². The molecule has 2 bridgehead atoms. The molecule has 1 aliphatic heterocycles. The standard InChI is InChI=1S/C15H25NO2/c1-14(2)11-4-6-15(14,3)12(8-11)16-13(17)10-5-7-18-9-10/h10-12H,4-9H2,1-3H3,(H,16,17). The van der Waals surface area contributed by atoms with Gasteiger partial charge in [-0.15, -0.1) is 0 Å². The van der Waals surface area contributed by atoms with Crippen LogP contribution in [0.1, 0.15) is 46.5 Å². The molecule has 0 aromatic carbocycles. The van der Waals surface area contributed by atoms with Crippen LogP contribution in [0, 0.1) is 22.7 Å². The van der Waals surface area contributed by atoms with E-state index < -0.39 is 0 Å². The second kappa shape index (κ2) is 3.96. The monoisotopic (exact) mass is 251 g/mol. The Kier molecular flexibility index (Phi) is 2.74. The number of hydrogen-bond acceptors (Lipinski definition) is 2. The number of carbonyl (C=O) groups excluding carboxylic acids is 1. The maximum absolute atomic E-state index is 12.2. The number of rotatable bonds is 2. The summed E-state index contributed by atoms with van der Waals surface area (Å²) >= 11 is 0. The second-order valence-electron chi connectivity index (χ2n) is 7.23. The van der Waals surface area contributed by atoms with Crippen LogP contribution < -0.4 is 5.32 Å². The Labute approximate surface area is 110 Å². The van der Waals surface area contributed by atoms with Crippen molar-refractivity contribution in [3.05, 3.63) is 0 Å². The van der Waals surface area contributed by atoms with Crippen LogP contribution in [0.5, 0.6) is 0 Å². The molecule has 2 aliphatic carbocycles. The number of ether oxygens (including phenoxy) is 1. The third-order valence-electron chi connectivity index (χ3n) is 6.41. The van der Waals surface area contributed by atoms with E-state index in [0.717, 1.165) is 18.9 Å². The average molecular weight is 251 g/mol. The Morgan fingerprint density at radius 2 is 2.06 bits per heavy atom. The molecule has 2 saturated carbocycles. The highest BCUT2D eigenvalue weighted by Gasteiger charge is 2.61. The van der Waals surface area contributed by atoms with E-state index in [4.69, 9.17) is 4.74 Å². The summed E-state index contributed by atoms with van der Waals surface area (Å²) in [5.41, 5.74) is 0.657. The molecular formula is C15H25NO2. The highest BCUT2D eigenvalue weighted by Crippen LogP contribution is 2.65. The number of nitrogens with one attached hydrogen (secondary N) is 1. The smallest absolute Gasteiger partial charge is 0.225 e.